The summed E-state index contributed by atoms with van der Waals surface area (Å²) in [7, 11) is -65.9. The third-order valence-electron chi connectivity index (χ3n) is 15.3. The van der Waals surface area contributed by atoms with Gasteiger partial charge in [-0.05, 0) is 153 Å². The van der Waals surface area contributed by atoms with Gasteiger partial charge in [-0.1, -0.05) is 158 Å². The monoisotopic (exact) mass is 1460 g/mol. The number of hydrogen-bond donors (Lipinski definition) is 0. The summed E-state index contributed by atoms with van der Waals surface area (Å²) in [6.45, 7) is 51.8. The molecular weight excluding hydrogens is 1350 g/mol. The summed E-state index contributed by atoms with van der Waals surface area (Å²) in [4.78, 5) is 0. The lowest BCUT2D eigenvalue weighted by Crippen LogP contribution is -2.93. The van der Waals surface area contributed by atoms with Crippen LogP contribution in [-0.4, -0.2) is 139 Å². The number of rotatable bonds is 40. The van der Waals surface area contributed by atoms with E-state index in [0.717, 1.165) is 103 Å². The Kier molecular flexibility index (Phi) is 27.8. The van der Waals surface area contributed by atoms with Crippen LogP contribution in [-0.2, 0) is 82.3 Å². The average Bonchev–Trinajstić information content (AvgIpc) is 3.30. The van der Waals surface area contributed by atoms with Gasteiger partial charge in [-0.25, -0.2) is 0 Å². The molecule has 0 aromatic heterocycles. The Morgan fingerprint density at radius 1 is 0.179 bits per heavy atom. The van der Waals surface area contributed by atoms with Crippen molar-refractivity contribution in [2.24, 2.45) is 0 Å². The Balaban J connectivity index is 2.18. The second-order valence-electron chi connectivity index (χ2n) is 28.9. The van der Waals surface area contributed by atoms with Gasteiger partial charge in [-0.2, -0.15) is 0 Å². The highest BCUT2D eigenvalue weighted by atomic mass is 28.7. The molecule has 6 rings (SSSR count). The fraction of sp³-hybridized carbons (Fsp3) is 1.00. The van der Waals surface area contributed by atoms with Gasteiger partial charge >= 0.3 is 72.4 Å². The molecule has 0 radical (unpaired) electrons. The molecule has 0 atom stereocenters. The first kappa shape index (κ1) is 77.4. The topological polar surface area (TPSA) is 185 Å². The van der Waals surface area contributed by atoms with Gasteiger partial charge in [0.1, 0.15) is 0 Å². The summed E-state index contributed by atoms with van der Waals surface area (Å²) in [5.74, 6) is 0. The lowest BCUT2D eigenvalue weighted by Gasteiger charge is -2.61. The molecule has 84 heavy (non-hydrogen) atoms. The molecule has 8 bridgehead atoms. The summed E-state index contributed by atoms with van der Waals surface area (Å²) in [6.07, 6.45) is 14.3. The molecule has 6 fully saturated rings. The minimum atomic E-state index is -5.22. The van der Waals surface area contributed by atoms with Gasteiger partial charge in [0, 0.05) is 0 Å². The van der Waals surface area contributed by atoms with Gasteiger partial charge in [0.15, 0.2) is 66.5 Å². The molecule has 0 amide bonds. The van der Waals surface area contributed by atoms with Crippen molar-refractivity contribution in [1.29, 1.82) is 0 Å². The van der Waals surface area contributed by atoms with Crippen LogP contribution in [0.15, 0.2) is 0 Å². The summed E-state index contributed by atoms with van der Waals surface area (Å²) in [5.41, 5.74) is 0. The highest BCUT2D eigenvalue weighted by Crippen LogP contribution is 2.54. The molecule has 36 heteroatoms. The molecule has 0 aliphatic carbocycles. The average molecular weight is 1470 g/mol. The van der Waals surface area contributed by atoms with E-state index in [2.05, 4.69) is 160 Å². The summed E-state index contributed by atoms with van der Waals surface area (Å²) in [5, 5.41) is 0. The van der Waals surface area contributed by atoms with Crippen LogP contribution in [0.4, 0.5) is 0 Å². The molecule has 0 spiro atoms. The van der Waals surface area contributed by atoms with E-state index in [4.69, 9.17) is 82.3 Å². The zero-order valence-corrected chi connectivity index (χ0v) is 73.1. The summed E-state index contributed by atoms with van der Waals surface area (Å²) >= 11 is 0. The quantitative estimate of drug-likeness (QED) is 0.0527. The Labute approximate surface area is 528 Å². The first-order valence-corrected chi connectivity index (χ1v) is 70.6. The van der Waals surface area contributed by atoms with Crippen LogP contribution in [0.1, 0.15) is 158 Å². The van der Waals surface area contributed by atoms with Crippen molar-refractivity contribution in [3.05, 3.63) is 0 Å². The van der Waals surface area contributed by atoms with E-state index < -0.39 is 139 Å². The van der Waals surface area contributed by atoms with E-state index in [1.807, 2.05) is 0 Å². The smallest absolute Gasteiger partial charge is 0.395 e. The van der Waals surface area contributed by atoms with E-state index in [0.29, 0.717) is 48.4 Å². The molecule has 6 heterocycles. The maximum Gasteiger partial charge on any atom is 0.651 e. The number of hydrogen-bond acceptors (Lipinski definition) is 20. The van der Waals surface area contributed by atoms with Crippen molar-refractivity contribution in [2.45, 2.75) is 311 Å². The van der Waals surface area contributed by atoms with Crippen LogP contribution in [0.3, 0.4) is 0 Å². The Morgan fingerprint density at radius 3 is 0.333 bits per heavy atom. The van der Waals surface area contributed by atoms with Crippen LogP contribution >= 0.6 is 0 Å². The van der Waals surface area contributed by atoms with Gasteiger partial charge in [-0.3, -0.25) is 0 Å². The first-order chi connectivity index (χ1) is 38.6. The predicted octanol–water partition coefficient (Wildman–Crippen LogP) is 15.9. The maximum absolute atomic E-state index is 8.06. The largest absolute Gasteiger partial charge is 0.651 e. The lowest BCUT2D eigenvalue weighted by atomic mass is 10.4. The van der Waals surface area contributed by atoms with E-state index in [-0.39, 0.29) is 0 Å². The molecule has 6 aliphatic heterocycles. The van der Waals surface area contributed by atoms with E-state index >= 15 is 0 Å². The normalized spacial score (nSPS) is 31.7. The molecule has 0 saturated carbocycles. The van der Waals surface area contributed by atoms with Crippen molar-refractivity contribution in [3.8, 4) is 0 Å². The molecule has 496 valence electrons. The SMILES string of the molecule is CCCC[Si](C)(C)O[Si]12O[Si]3(O[Si](C)(C)CCCC)O[Si]4(O[Si](C)(C)CCCC)O[Si](O[Si](C)(C)CCCC)(O1)O[Si]1(O[Si](C)(C)CCCC)O[Si](O[Si](C)(C)CCCC)(O2)O[Si](O[Si](C)(C)CCCC)(O3)O[Si](O[Si](C)(C)CCCC)(O4)O1. The molecular formula is C48H120O20Si16. The zero-order valence-electron chi connectivity index (χ0n) is 57.1. The summed E-state index contributed by atoms with van der Waals surface area (Å²) < 4.78 is 159. The minimum Gasteiger partial charge on any atom is -0.395 e. The van der Waals surface area contributed by atoms with Crippen molar-refractivity contribution < 1.29 is 82.3 Å². The molecule has 0 aromatic rings. The fourth-order valence-corrected chi connectivity index (χ4v) is 86.0. The first-order valence-electron chi connectivity index (χ1n) is 32.7. The van der Waals surface area contributed by atoms with Gasteiger partial charge in [0.2, 0.25) is 0 Å². The zero-order chi connectivity index (χ0) is 63.1. The molecule has 0 unspecified atom stereocenters. The third-order valence-corrected chi connectivity index (χ3v) is 77.4. The molecule has 0 N–H and O–H groups in total. The van der Waals surface area contributed by atoms with Crippen LogP contribution < -0.4 is 0 Å². The van der Waals surface area contributed by atoms with E-state index in [1.165, 1.54) is 0 Å². The molecule has 6 aliphatic rings. The van der Waals surface area contributed by atoms with Crippen LogP contribution in [0, 0.1) is 0 Å². The Hall–Kier alpha value is 2.67. The van der Waals surface area contributed by atoms with E-state index in [9.17, 15) is 0 Å². The van der Waals surface area contributed by atoms with Crippen LogP contribution in [0.5, 0.6) is 0 Å². The van der Waals surface area contributed by atoms with Gasteiger partial charge in [0.05, 0.1) is 0 Å². The Morgan fingerprint density at radius 2 is 0.262 bits per heavy atom. The third kappa shape index (κ3) is 22.4. The highest BCUT2D eigenvalue weighted by molar-refractivity contribution is 7.04. The van der Waals surface area contributed by atoms with Gasteiger partial charge < -0.3 is 82.3 Å². The predicted molar refractivity (Wildman–Crippen MR) is 365 cm³/mol. The second-order valence-corrected chi connectivity index (χ2v) is 85.4. The van der Waals surface area contributed by atoms with Crippen molar-refractivity contribution in [1.82, 2.24) is 0 Å². The van der Waals surface area contributed by atoms with Crippen molar-refractivity contribution in [3.63, 3.8) is 0 Å². The Bertz CT molecular complexity index is 1580. The summed E-state index contributed by atoms with van der Waals surface area (Å²) in [6, 6.07) is 5.66. The standard InChI is InChI=1S/C48H120O20Si16/c1-25-33-41-69(9,10)49-77-57-78(50-70(11,12)42-34-26-2)60-81(53-73(17,18)45-37-29-5)62-79(58-77,51-71(13,14)43-35-27-3)64-83(55-75(21,22)47-39-31-7)65-80(59-77,52-72(15,16)44-36-28-4)63-82(61-78,54-74(19,20)46-38-30-6)67-84(66-81,68-83)56-76(23,24)48-40-32-8/h25-48H2,1-24H3. The van der Waals surface area contributed by atoms with Gasteiger partial charge in [0.25, 0.3) is 0 Å². The molecule has 0 aromatic carbocycles. The highest BCUT2D eigenvalue weighted by Gasteiger charge is 2.92. The second kappa shape index (κ2) is 30.2. The lowest BCUT2D eigenvalue weighted by molar-refractivity contribution is -0.129. The van der Waals surface area contributed by atoms with Crippen LogP contribution in [0.2, 0.25) is 153 Å². The van der Waals surface area contributed by atoms with Gasteiger partial charge in [-0.15, -0.1) is 0 Å². The molecule has 20 nitrogen and oxygen atoms in total. The maximum atomic E-state index is 8.06. The van der Waals surface area contributed by atoms with Crippen LogP contribution in [0.25, 0.3) is 0 Å². The molecule has 6 saturated heterocycles. The minimum absolute atomic E-state index is 0.708. The number of unbranched alkanes of at least 4 members (excludes halogenated alkanes) is 8. The van der Waals surface area contributed by atoms with Crippen molar-refractivity contribution in [2.75, 3.05) is 0 Å². The fourth-order valence-electron chi connectivity index (χ4n) is 10.8. The van der Waals surface area contributed by atoms with Crippen molar-refractivity contribution >= 4 is 139 Å². The van der Waals surface area contributed by atoms with E-state index in [1.54, 1.807) is 0 Å².